The van der Waals surface area contributed by atoms with E-state index < -0.39 is 11.9 Å². The van der Waals surface area contributed by atoms with Crippen molar-refractivity contribution in [2.45, 2.75) is 13.5 Å². The number of fused-ring (bicyclic) bond motifs is 1. The highest BCUT2D eigenvalue weighted by Gasteiger charge is 2.17. The van der Waals surface area contributed by atoms with Crippen LogP contribution in [0.4, 0.5) is 5.69 Å². The number of aromatic nitrogens is 2. The molecule has 1 amide bonds. The summed E-state index contributed by atoms with van der Waals surface area (Å²) < 4.78 is 11.8. The lowest BCUT2D eigenvalue weighted by Gasteiger charge is -2.11. The van der Waals surface area contributed by atoms with Crippen LogP contribution < -0.4 is 10.9 Å². The van der Waals surface area contributed by atoms with E-state index in [1.54, 1.807) is 36.5 Å². The van der Waals surface area contributed by atoms with Crippen molar-refractivity contribution in [3.05, 3.63) is 100.0 Å². The lowest BCUT2D eigenvalue weighted by Crippen LogP contribution is -2.18. The maximum Gasteiger partial charge on any atom is 0.340 e. The van der Waals surface area contributed by atoms with Crippen LogP contribution in [0.15, 0.2) is 76.3 Å². The Balaban J connectivity index is 1.53. The van der Waals surface area contributed by atoms with Gasteiger partial charge in [-0.1, -0.05) is 18.2 Å². The zero-order valence-corrected chi connectivity index (χ0v) is 16.0. The van der Waals surface area contributed by atoms with Crippen LogP contribution in [-0.4, -0.2) is 21.3 Å². The molecule has 0 aliphatic carbocycles. The number of amides is 1. The average Bonchev–Trinajstić information content (AvgIpc) is 3.28. The molecule has 0 spiro atoms. The van der Waals surface area contributed by atoms with Crippen molar-refractivity contribution in [2.75, 3.05) is 5.32 Å². The van der Waals surface area contributed by atoms with Crippen molar-refractivity contribution in [2.24, 2.45) is 0 Å². The Hall–Kier alpha value is -4.20. The molecule has 4 aromatic rings. The Morgan fingerprint density at radius 2 is 1.97 bits per heavy atom. The summed E-state index contributed by atoms with van der Waals surface area (Å²) in [5.74, 6) is -1.02. The summed E-state index contributed by atoms with van der Waals surface area (Å²) in [7, 11) is 0. The number of esters is 1. The highest BCUT2D eigenvalue weighted by atomic mass is 16.5. The maximum absolute atomic E-state index is 12.6. The summed E-state index contributed by atoms with van der Waals surface area (Å²) in [5.41, 5.74) is 1.86. The monoisotopic (exact) mass is 403 g/mol. The maximum atomic E-state index is 12.6. The van der Waals surface area contributed by atoms with Crippen molar-refractivity contribution in [1.29, 1.82) is 0 Å². The number of nitrogens with zero attached hydrogens (tertiary/aromatic N) is 2. The summed E-state index contributed by atoms with van der Waals surface area (Å²) >= 11 is 0. The van der Waals surface area contributed by atoms with Crippen LogP contribution in [0.2, 0.25) is 0 Å². The molecule has 30 heavy (non-hydrogen) atoms. The summed E-state index contributed by atoms with van der Waals surface area (Å²) in [5, 5.41) is 2.63. The highest BCUT2D eigenvalue weighted by molar-refractivity contribution is 6.06. The number of aryl methyl sites for hydroxylation is 1. The van der Waals surface area contributed by atoms with Gasteiger partial charge in [0, 0.05) is 12.3 Å². The van der Waals surface area contributed by atoms with E-state index >= 15 is 0 Å². The van der Waals surface area contributed by atoms with E-state index in [2.05, 4.69) is 10.3 Å². The average molecular weight is 403 g/mol. The quantitative estimate of drug-likeness (QED) is 0.513. The molecule has 0 aliphatic heterocycles. The molecule has 0 bridgehead atoms. The largest absolute Gasteiger partial charge is 0.459 e. The molecule has 0 atom stereocenters. The number of carbonyl (C=O) groups is 2. The first kappa shape index (κ1) is 19.1. The minimum absolute atomic E-state index is 0.120. The molecule has 150 valence electrons. The van der Waals surface area contributed by atoms with Crippen molar-refractivity contribution in [1.82, 2.24) is 9.38 Å². The molecule has 0 saturated carbocycles. The highest BCUT2D eigenvalue weighted by Crippen LogP contribution is 2.18. The zero-order chi connectivity index (χ0) is 21.1. The van der Waals surface area contributed by atoms with Gasteiger partial charge in [-0.25, -0.2) is 9.78 Å². The molecule has 0 saturated heterocycles. The van der Waals surface area contributed by atoms with E-state index in [0.29, 0.717) is 11.3 Å². The van der Waals surface area contributed by atoms with Gasteiger partial charge in [0.15, 0.2) is 5.76 Å². The summed E-state index contributed by atoms with van der Waals surface area (Å²) in [6, 6.07) is 14.5. The van der Waals surface area contributed by atoms with E-state index in [1.807, 2.05) is 13.0 Å². The van der Waals surface area contributed by atoms with Crippen LogP contribution in [-0.2, 0) is 11.3 Å². The van der Waals surface area contributed by atoms with Crippen molar-refractivity contribution >= 4 is 23.2 Å². The standard InChI is InChI=1S/C22H17N3O5/c1-14-6-4-10-25-19(26)12-15(23-20(14)25)13-30-22(28)16-7-2-3-8-17(16)24-21(27)18-9-5-11-29-18/h2-12H,13H2,1H3,(H,24,27). The molecular weight excluding hydrogens is 386 g/mol. The number of rotatable bonds is 5. The SMILES string of the molecule is Cc1cccn2c(=O)cc(COC(=O)c3ccccc3NC(=O)c3ccco3)nc12. The van der Waals surface area contributed by atoms with Gasteiger partial charge in [0.05, 0.1) is 23.2 Å². The molecule has 0 fully saturated rings. The van der Waals surface area contributed by atoms with Gasteiger partial charge in [0.1, 0.15) is 12.3 Å². The molecule has 1 aromatic carbocycles. The fourth-order valence-corrected chi connectivity index (χ4v) is 2.96. The molecule has 8 nitrogen and oxygen atoms in total. The van der Waals surface area contributed by atoms with E-state index in [0.717, 1.165) is 5.56 Å². The number of nitrogens with one attached hydrogen (secondary N) is 1. The second-order valence-corrected chi connectivity index (χ2v) is 6.52. The third-order valence-corrected chi connectivity index (χ3v) is 4.43. The third kappa shape index (κ3) is 3.83. The molecule has 8 heteroatoms. The number of hydrogen-bond donors (Lipinski definition) is 1. The van der Waals surface area contributed by atoms with Crippen LogP contribution in [0.3, 0.4) is 0 Å². The Morgan fingerprint density at radius 1 is 1.13 bits per heavy atom. The molecular formula is C22H17N3O5. The van der Waals surface area contributed by atoms with Gasteiger partial charge in [-0.2, -0.15) is 0 Å². The van der Waals surface area contributed by atoms with E-state index in [9.17, 15) is 14.4 Å². The Kier molecular flexibility index (Phi) is 5.13. The topological polar surface area (TPSA) is 103 Å². The molecule has 0 aliphatic rings. The molecule has 4 rings (SSSR count). The van der Waals surface area contributed by atoms with Crippen LogP contribution >= 0.6 is 0 Å². The van der Waals surface area contributed by atoms with Crippen molar-refractivity contribution < 1.29 is 18.7 Å². The lowest BCUT2D eigenvalue weighted by atomic mass is 10.1. The first-order valence-corrected chi connectivity index (χ1v) is 9.12. The smallest absolute Gasteiger partial charge is 0.340 e. The first-order chi connectivity index (χ1) is 14.5. The van der Waals surface area contributed by atoms with Gasteiger partial charge in [-0.05, 0) is 42.8 Å². The van der Waals surface area contributed by atoms with E-state index in [4.69, 9.17) is 9.15 Å². The number of hydrogen-bond acceptors (Lipinski definition) is 6. The second kappa shape index (κ2) is 8.04. The predicted molar refractivity (Wildman–Crippen MR) is 108 cm³/mol. The Bertz CT molecular complexity index is 1290. The van der Waals surface area contributed by atoms with Gasteiger partial charge < -0.3 is 14.5 Å². The van der Waals surface area contributed by atoms with Crippen LogP contribution in [0, 0.1) is 6.92 Å². The molecule has 3 aromatic heterocycles. The fraction of sp³-hybridized carbons (Fsp3) is 0.0909. The van der Waals surface area contributed by atoms with Crippen molar-refractivity contribution in [3.63, 3.8) is 0 Å². The minimum atomic E-state index is -0.655. The third-order valence-electron chi connectivity index (χ3n) is 4.43. The van der Waals surface area contributed by atoms with E-state index in [1.165, 1.54) is 28.9 Å². The second-order valence-electron chi connectivity index (χ2n) is 6.52. The molecule has 3 heterocycles. The fourth-order valence-electron chi connectivity index (χ4n) is 2.96. The first-order valence-electron chi connectivity index (χ1n) is 9.12. The van der Waals surface area contributed by atoms with Gasteiger partial charge in [0.25, 0.3) is 11.5 Å². The van der Waals surface area contributed by atoms with Crippen LogP contribution in [0.25, 0.3) is 5.65 Å². The van der Waals surface area contributed by atoms with Gasteiger partial charge in [-0.15, -0.1) is 0 Å². The van der Waals surface area contributed by atoms with Gasteiger partial charge in [-0.3, -0.25) is 14.0 Å². The van der Waals surface area contributed by atoms with E-state index in [-0.39, 0.29) is 29.2 Å². The van der Waals surface area contributed by atoms with Gasteiger partial charge >= 0.3 is 5.97 Å². The number of anilines is 1. The summed E-state index contributed by atoms with van der Waals surface area (Å²) in [6.07, 6.45) is 3.02. The molecule has 1 N–H and O–H groups in total. The summed E-state index contributed by atoms with van der Waals surface area (Å²) in [4.78, 5) is 41.5. The number of carbonyl (C=O) groups excluding carboxylic acids is 2. The minimum Gasteiger partial charge on any atom is -0.459 e. The number of ether oxygens (including phenoxy) is 1. The zero-order valence-electron chi connectivity index (χ0n) is 16.0. The van der Waals surface area contributed by atoms with Crippen LogP contribution in [0.1, 0.15) is 32.2 Å². The number of benzene rings is 1. The number of para-hydroxylation sites is 1. The van der Waals surface area contributed by atoms with Crippen LogP contribution in [0.5, 0.6) is 0 Å². The summed E-state index contributed by atoms with van der Waals surface area (Å²) in [6.45, 7) is 1.66. The van der Waals surface area contributed by atoms with Crippen molar-refractivity contribution in [3.8, 4) is 0 Å². The number of pyridine rings is 1. The van der Waals surface area contributed by atoms with Gasteiger partial charge in [0.2, 0.25) is 0 Å². The normalized spacial score (nSPS) is 10.7. The number of furan rings is 1. The molecule has 0 unspecified atom stereocenters. The Morgan fingerprint density at radius 3 is 2.77 bits per heavy atom. The predicted octanol–water partition coefficient (Wildman–Crippen LogP) is 3.21. The molecule has 0 radical (unpaired) electrons. The lowest BCUT2D eigenvalue weighted by molar-refractivity contribution is 0.0469. The Labute approximate surface area is 170 Å².